The Morgan fingerprint density at radius 1 is 1.35 bits per heavy atom. The maximum absolute atomic E-state index is 11.2. The minimum atomic E-state index is -0.684. The van der Waals surface area contributed by atoms with Crippen LogP contribution in [0.25, 0.3) is 11.5 Å². The molecule has 0 aliphatic heterocycles. The van der Waals surface area contributed by atoms with E-state index >= 15 is 0 Å². The summed E-state index contributed by atoms with van der Waals surface area (Å²) in [7, 11) is 2.73. The highest BCUT2D eigenvalue weighted by Gasteiger charge is 2.18. The van der Waals surface area contributed by atoms with Crippen molar-refractivity contribution in [1.29, 1.82) is 0 Å². The van der Waals surface area contributed by atoms with E-state index < -0.39 is 5.97 Å². The fourth-order valence-corrected chi connectivity index (χ4v) is 1.22. The second-order valence-corrected chi connectivity index (χ2v) is 2.98. The average Bonchev–Trinajstić information content (AvgIpc) is 2.87. The number of rotatable bonds is 3. The summed E-state index contributed by atoms with van der Waals surface area (Å²) < 4.78 is 14.7. The molecule has 0 aliphatic rings. The van der Waals surface area contributed by atoms with Crippen molar-refractivity contribution in [3.05, 3.63) is 24.4 Å². The molecule has 7 heteroatoms. The Kier molecular flexibility index (Phi) is 2.99. The summed E-state index contributed by atoms with van der Waals surface area (Å²) in [6.45, 7) is 0. The molecule has 0 bridgehead atoms. The number of aromatic nitrogens is 3. The second kappa shape index (κ2) is 4.60. The molecule has 0 saturated carbocycles. The zero-order chi connectivity index (χ0) is 12.3. The van der Waals surface area contributed by atoms with Gasteiger partial charge in [-0.05, 0) is 6.07 Å². The predicted molar refractivity (Wildman–Crippen MR) is 55.4 cm³/mol. The SMILES string of the molecule is COC(=O)c1nnc(-c2ccncc2OC)o1. The second-order valence-electron chi connectivity index (χ2n) is 2.98. The molecular formula is C10H9N3O4. The van der Waals surface area contributed by atoms with Gasteiger partial charge in [-0.15, -0.1) is 10.2 Å². The van der Waals surface area contributed by atoms with Crippen LogP contribution in [-0.2, 0) is 4.74 Å². The Morgan fingerprint density at radius 2 is 2.18 bits per heavy atom. The molecule has 88 valence electrons. The first-order valence-electron chi connectivity index (χ1n) is 4.66. The van der Waals surface area contributed by atoms with Gasteiger partial charge in [0, 0.05) is 6.20 Å². The molecule has 0 amide bonds. The Morgan fingerprint density at radius 3 is 2.88 bits per heavy atom. The minimum absolute atomic E-state index is 0.171. The lowest BCUT2D eigenvalue weighted by molar-refractivity contribution is 0.0556. The van der Waals surface area contributed by atoms with Gasteiger partial charge in [0.2, 0.25) is 0 Å². The number of pyridine rings is 1. The molecule has 0 saturated heterocycles. The van der Waals surface area contributed by atoms with Crippen molar-refractivity contribution < 1.29 is 18.7 Å². The quantitative estimate of drug-likeness (QED) is 0.731. The van der Waals surface area contributed by atoms with Crippen molar-refractivity contribution in [3.63, 3.8) is 0 Å². The van der Waals surface area contributed by atoms with Crippen LogP contribution in [0.2, 0.25) is 0 Å². The first-order chi connectivity index (χ1) is 8.26. The normalized spacial score (nSPS) is 10.0. The molecule has 2 aromatic heterocycles. The molecule has 0 fully saturated rings. The molecule has 2 heterocycles. The van der Waals surface area contributed by atoms with Gasteiger partial charge in [0.15, 0.2) is 0 Å². The van der Waals surface area contributed by atoms with Crippen molar-refractivity contribution in [1.82, 2.24) is 15.2 Å². The lowest BCUT2D eigenvalue weighted by Crippen LogP contribution is -2.00. The van der Waals surface area contributed by atoms with Gasteiger partial charge in [-0.1, -0.05) is 0 Å². The van der Waals surface area contributed by atoms with Crippen LogP contribution in [0.1, 0.15) is 10.7 Å². The first kappa shape index (κ1) is 11.1. The number of carbonyl (C=O) groups excluding carboxylic acids is 1. The molecule has 2 aromatic rings. The van der Waals surface area contributed by atoms with E-state index in [0.717, 1.165) is 0 Å². The number of hydrogen-bond donors (Lipinski definition) is 0. The van der Waals surface area contributed by atoms with Crippen LogP contribution in [0, 0.1) is 0 Å². The first-order valence-corrected chi connectivity index (χ1v) is 4.66. The average molecular weight is 235 g/mol. The number of hydrogen-bond acceptors (Lipinski definition) is 7. The zero-order valence-electron chi connectivity index (χ0n) is 9.21. The Balaban J connectivity index is 2.40. The zero-order valence-corrected chi connectivity index (χ0v) is 9.21. The third kappa shape index (κ3) is 2.07. The van der Waals surface area contributed by atoms with E-state index in [0.29, 0.717) is 11.3 Å². The number of esters is 1. The van der Waals surface area contributed by atoms with E-state index in [1.807, 2.05) is 0 Å². The highest BCUT2D eigenvalue weighted by molar-refractivity contribution is 5.84. The lowest BCUT2D eigenvalue weighted by Gasteiger charge is -2.02. The summed E-state index contributed by atoms with van der Waals surface area (Å²) in [6, 6.07) is 1.65. The minimum Gasteiger partial charge on any atom is -0.494 e. The molecule has 17 heavy (non-hydrogen) atoms. The van der Waals surface area contributed by atoms with Gasteiger partial charge in [0.05, 0.1) is 26.0 Å². The van der Waals surface area contributed by atoms with Crippen molar-refractivity contribution >= 4 is 5.97 Å². The molecule has 2 rings (SSSR count). The van der Waals surface area contributed by atoms with Crippen LogP contribution in [-0.4, -0.2) is 35.4 Å². The van der Waals surface area contributed by atoms with Crippen molar-refractivity contribution in [3.8, 4) is 17.2 Å². The van der Waals surface area contributed by atoms with E-state index in [9.17, 15) is 4.79 Å². The largest absolute Gasteiger partial charge is 0.494 e. The van der Waals surface area contributed by atoms with Gasteiger partial charge in [-0.25, -0.2) is 4.79 Å². The van der Waals surface area contributed by atoms with E-state index in [2.05, 4.69) is 19.9 Å². The third-order valence-electron chi connectivity index (χ3n) is 2.02. The van der Waals surface area contributed by atoms with Crippen molar-refractivity contribution in [2.75, 3.05) is 14.2 Å². The van der Waals surface area contributed by atoms with Gasteiger partial charge in [-0.3, -0.25) is 4.98 Å². The Bertz CT molecular complexity index is 538. The van der Waals surface area contributed by atoms with Gasteiger partial charge < -0.3 is 13.9 Å². The fourth-order valence-electron chi connectivity index (χ4n) is 1.22. The number of ether oxygens (including phenoxy) is 2. The van der Waals surface area contributed by atoms with Gasteiger partial charge in [0.1, 0.15) is 5.75 Å². The van der Waals surface area contributed by atoms with Crippen LogP contribution in [0.15, 0.2) is 22.9 Å². The van der Waals surface area contributed by atoms with E-state index in [4.69, 9.17) is 9.15 Å². The number of methoxy groups -OCH3 is 2. The van der Waals surface area contributed by atoms with Crippen LogP contribution >= 0.6 is 0 Å². The molecule has 0 aliphatic carbocycles. The predicted octanol–water partition coefficient (Wildman–Crippen LogP) is 0.927. The van der Waals surface area contributed by atoms with E-state index in [1.165, 1.54) is 20.4 Å². The molecule has 0 unspecified atom stereocenters. The monoisotopic (exact) mass is 235 g/mol. The third-order valence-corrected chi connectivity index (χ3v) is 2.02. The smallest absolute Gasteiger partial charge is 0.396 e. The summed E-state index contributed by atoms with van der Waals surface area (Å²) in [6.07, 6.45) is 3.07. The molecule has 0 spiro atoms. The fraction of sp³-hybridized carbons (Fsp3) is 0.200. The molecule has 0 radical (unpaired) electrons. The number of nitrogens with zero attached hydrogens (tertiary/aromatic N) is 3. The highest BCUT2D eigenvalue weighted by atomic mass is 16.5. The lowest BCUT2D eigenvalue weighted by atomic mass is 10.2. The summed E-state index contributed by atoms with van der Waals surface area (Å²) in [5.74, 6) is -0.240. The Labute approximate surface area is 96.4 Å². The van der Waals surface area contributed by atoms with Crippen LogP contribution in [0.4, 0.5) is 0 Å². The van der Waals surface area contributed by atoms with Crippen molar-refractivity contribution in [2.45, 2.75) is 0 Å². The molecule has 7 nitrogen and oxygen atoms in total. The maximum atomic E-state index is 11.2. The van der Waals surface area contributed by atoms with Gasteiger partial charge in [-0.2, -0.15) is 0 Å². The van der Waals surface area contributed by atoms with Crippen LogP contribution < -0.4 is 4.74 Å². The van der Waals surface area contributed by atoms with Gasteiger partial charge >= 0.3 is 11.9 Å². The molecular weight excluding hydrogens is 226 g/mol. The summed E-state index contributed by atoms with van der Waals surface area (Å²) >= 11 is 0. The van der Waals surface area contributed by atoms with E-state index in [-0.39, 0.29) is 11.8 Å². The van der Waals surface area contributed by atoms with Crippen LogP contribution in [0.5, 0.6) is 5.75 Å². The molecule has 0 atom stereocenters. The number of carbonyl (C=O) groups is 1. The van der Waals surface area contributed by atoms with Crippen molar-refractivity contribution in [2.24, 2.45) is 0 Å². The maximum Gasteiger partial charge on any atom is 0.396 e. The standard InChI is InChI=1S/C10H9N3O4/c1-15-7-5-11-4-3-6(7)8-12-13-9(17-8)10(14)16-2/h3-5H,1-2H3. The summed E-state index contributed by atoms with van der Waals surface area (Å²) in [5.41, 5.74) is 0.560. The molecule has 0 N–H and O–H groups in total. The summed E-state index contributed by atoms with van der Waals surface area (Å²) in [5, 5.41) is 7.31. The topological polar surface area (TPSA) is 87.3 Å². The van der Waals surface area contributed by atoms with Crippen LogP contribution in [0.3, 0.4) is 0 Å². The summed E-state index contributed by atoms with van der Waals surface area (Å²) in [4.78, 5) is 15.0. The highest BCUT2D eigenvalue weighted by Crippen LogP contribution is 2.27. The van der Waals surface area contributed by atoms with E-state index in [1.54, 1.807) is 12.3 Å². The van der Waals surface area contributed by atoms with Gasteiger partial charge in [0.25, 0.3) is 5.89 Å². The molecule has 0 aromatic carbocycles. The Hall–Kier alpha value is -2.44.